The molecule has 1 aromatic carbocycles. The van der Waals surface area contributed by atoms with E-state index in [0.717, 1.165) is 4.48 Å². The lowest BCUT2D eigenvalue weighted by molar-refractivity contribution is 0.316. The van der Waals surface area contributed by atoms with Gasteiger partial charge >= 0.3 is 0 Å². The minimum atomic E-state index is 1.10. The van der Waals surface area contributed by atoms with Gasteiger partial charge in [0.2, 0.25) is 0 Å². The second-order valence-electron chi connectivity index (χ2n) is 3.93. The summed E-state index contributed by atoms with van der Waals surface area (Å²) < 4.78 is 1.10. The molecule has 0 fully saturated rings. The molecule has 0 aromatic heterocycles. The Kier molecular flexibility index (Phi) is 3.70. The number of aryl methyl sites for hydroxylation is 1. The third-order valence-corrected chi connectivity index (χ3v) is 3.37. The minimum absolute atomic E-state index is 1.10. The molecule has 0 spiro atoms. The van der Waals surface area contributed by atoms with Crippen LogP contribution in [-0.2, 0) is 0 Å². The molecule has 0 N–H and O–H groups in total. The van der Waals surface area contributed by atoms with Crippen LogP contribution in [0.1, 0.15) is 26.3 Å². The fraction of sp³-hybridized carbons (Fsp3) is 0.538. The Balaban J connectivity index is 3.10. The smallest absolute Gasteiger partial charge is 0.133 e. The summed E-state index contributed by atoms with van der Waals surface area (Å²) in [6, 6.07) is 8.90. The van der Waals surface area contributed by atoms with Crippen molar-refractivity contribution < 1.29 is 0 Å². The summed E-state index contributed by atoms with van der Waals surface area (Å²) >= 11 is 0. The molecular formula is C13H22N+. The lowest BCUT2D eigenvalue weighted by Crippen LogP contribution is -2.48. The van der Waals surface area contributed by atoms with Crippen LogP contribution < -0.4 is 4.48 Å². The van der Waals surface area contributed by atoms with Crippen molar-refractivity contribution in [3.63, 3.8) is 0 Å². The minimum Gasteiger partial charge on any atom is -0.292 e. The highest BCUT2D eigenvalue weighted by Crippen LogP contribution is 2.23. The van der Waals surface area contributed by atoms with E-state index in [-0.39, 0.29) is 0 Å². The highest BCUT2D eigenvalue weighted by molar-refractivity contribution is 5.45. The third kappa shape index (κ3) is 1.98. The van der Waals surface area contributed by atoms with Crippen LogP contribution in [0.4, 0.5) is 5.69 Å². The Bertz CT molecular complexity index is 279. The van der Waals surface area contributed by atoms with Crippen molar-refractivity contribution in [3.05, 3.63) is 29.8 Å². The number of rotatable bonds is 4. The first kappa shape index (κ1) is 11.3. The summed E-state index contributed by atoms with van der Waals surface area (Å²) in [5.74, 6) is 0. The van der Waals surface area contributed by atoms with Crippen molar-refractivity contribution in [1.29, 1.82) is 0 Å². The van der Waals surface area contributed by atoms with Crippen LogP contribution in [-0.4, -0.2) is 19.6 Å². The van der Waals surface area contributed by atoms with E-state index in [1.54, 1.807) is 0 Å². The molecule has 0 atom stereocenters. The fourth-order valence-corrected chi connectivity index (χ4v) is 2.14. The Morgan fingerprint density at radius 3 is 2.00 bits per heavy atom. The molecule has 1 nitrogen and oxygen atoms in total. The Labute approximate surface area is 88.0 Å². The van der Waals surface area contributed by atoms with Crippen LogP contribution >= 0.6 is 0 Å². The first-order chi connectivity index (χ1) is 6.68. The second-order valence-corrected chi connectivity index (χ2v) is 3.93. The summed E-state index contributed by atoms with van der Waals surface area (Å²) in [6.07, 6.45) is 0. The molecule has 0 aliphatic heterocycles. The van der Waals surface area contributed by atoms with Gasteiger partial charge in [-0.25, -0.2) is 0 Å². The van der Waals surface area contributed by atoms with Gasteiger partial charge in [0.1, 0.15) is 5.69 Å². The summed E-state index contributed by atoms with van der Waals surface area (Å²) in [4.78, 5) is 0. The lowest BCUT2D eigenvalue weighted by atomic mass is 10.1. The standard InChI is InChI=1S/C13H22N/c1-5-14(6-2,7-3)13-10-8-9-12(4)11-13/h8-11H,5-7H2,1-4H3/q+1. The van der Waals surface area contributed by atoms with E-state index in [9.17, 15) is 0 Å². The van der Waals surface area contributed by atoms with E-state index in [1.165, 1.54) is 30.9 Å². The van der Waals surface area contributed by atoms with E-state index in [1.807, 2.05) is 0 Å². The fourth-order valence-electron chi connectivity index (χ4n) is 2.14. The van der Waals surface area contributed by atoms with Crippen LogP contribution in [0.2, 0.25) is 0 Å². The van der Waals surface area contributed by atoms with E-state index in [0.29, 0.717) is 0 Å². The van der Waals surface area contributed by atoms with Crippen LogP contribution in [0.15, 0.2) is 24.3 Å². The van der Waals surface area contributed by atoms with Gasteiger partial charge in [-0.05, 0) is 39.3 Å². The SMILES string of the molecule is CC[N+](CC)(CC)c1cccc(C)c1. The van der Waals surface area contributed by atoms with Gasteiger partial charge in [-0.3, -0.25) is 4.48 Å². The zero-order valence-electron chi connectivity index (χ0n) is 9.88. The van der Waals surface area contributed by atoms with Crippen molar-refractivity contribution in [2.45, 2.75) is 27.7 Å². The zero-order chi connectivity index (χ0) is 10.6. The molecular weight excluding hydrogens is 170 g/mol. The molecule has 1 rings (SSSR count). The van der Waals surface area contributed by atoms with Crippen LogP contribution in [0.3, 0.4) is 0 Å². The monoisotopic (exact) mass is 192 g/mol. The zero-order valence-corrected chi connectivity index (χ0v) is 9.88. The van der Waals surface area contributed by atoms with Gasteiger partial charge in [0.05, 0.1) is 19.6 Å². The average Bonchev–Trinajstić information content (AvgIpc) is 2.22. The van der Waals surface area contributed by atoms with Crippen molar-refractivity contribution in [2.24, 2.45) is 0 Å². The molecule has 0 bridgehead atoms. The van der Waals surface area contributed by atoms with Crippen molar-refractivity contribution in [3.8, 4) is 0 Å². The maximum absolute atomic E-state index is 2.32. The van der Waals surface area contributed by atoms with Gasteiger partial charge < -0.3 is 0 Å². The average molecular weight is 192 g/mol. The van der Waals surface area contributed by atoms with Crippen molar-refractivity contribution >= 4 is 5.69 Å². The highest BCUT2D eigenvalue weighted by Gasteiger charge is 2.23. The van der Waals surface area contributed by atoms with E-state index >= 15 is 0 Å². The summed E-state index contributed by atoms with van der Waals surface area (Å²) in [5.41, 5.74) is 2.82. The Morgan fingerprint density at radius 2 is 1.57 bits per heavy atom. The Morgan fingerprint density at radius 1 is 1.00 bits per heavy atom. The first-order valence-corrected chi connectivity index (χ1v) is 5.61. The van der Waals surface area contributed by atoms with Crippen LogP contribution in [0.25, 0.3) is 0 Å². The number of nitrogens with zero attached hydrogens (tertiary/aromatic N) is 1. The predicted octanol–water partition coefficient (Wildman–Crippen LogP) is 3.36. The van der Waals surface area contributed by atoms with Gasteiger partial charge in [-0.2, -0.15) is 0 Å². The lowest BCUT2D eigenvalue weighted by Gasteiger charge is -2.35. The quantitative estimate of drug-likeness (QED) is 0.642. The molecule has 0 heterocycles. The first-order valence-electron chi connectivity index (χ1n) is 5.61. The predicted molar refractivity (Wildman–Crippen MR) is 64.6 cm³/mol. The summed E-state index contributed by atoms with van der Waals surface area (Å²) in [6.45, 7) is 12.5. The molecule has 0 unspecified atom stereocenters. The summed E-state index contributed by atoms with van der Waals surface area (Å²) in [5, 5.41) is 0. The highest BCUT2D eigenvalue weighted by atomic mass is 15.3. The van der Waals surface area contributed by atoms with Gasteiger partial charge in [0, 0.05) is 6.07 Å². The van der Waals surface area contributed by atoms with E-state index in [4.69, 9.17) is 0 Å². The number of quaternary nitrogens is 1. The molecule has 0 aliphatic rings. The Hall–Kier alpha value is -0.820. The number of hydrogen-bond acceptors (Lipinski definition) is 0. The van der Waals surface area contributed by atoms with Gasteiger partial charge in [-0.15, -0.1) is 0 Å². The molecule has 0 saturated heterocycles. The third-order valence-electron chi connectivity index (χ3n) is 3.37. The van der Waals surface area contributed by atoms with Gasteiger partial charge in [0.25, 0.3) is 0 Å². The molecule has 1 heteroatoms. The van der Waals surface area contributed by atoms with Crippen molar-refractivity contribution in [2.75, 3.05) is 19.6 Å². The van der Waals surface area contributed by atoms with Crippen LogP contribution in [0.5, 0.6) is 0 Å². The molecule has 78 valence electrons. The molecule has 0 amide bonds. The number of hydrogen-bond donors (Lipinski definition) is 0. The maximum atomic E-state index is 2.32. The summed E-state index contributed by atoms with van der Waals surface area (Å²) in [7, 11) is 0. The molecule has 0 saturated carbocycles. The largest absolute Gasteiger partial charge is 0.292 e. The molecule has 0 aliphatic carbocycles. The number of benzene rings is 1. The molecule has 14 heavy (non-hydrogen) atoms. The molecule has 1 aromatic rings. The van der Waals surface area contributed by atoms with Gasteiger partial charge in [0.15, 0.2) is 0 Å². The van der Waals surface area contributed by atoms with Gasteiger partial charge in [-0.1, -0.05) is 12.1 Å². The van der Waals surface area contributed by atoms with Crippen LogP contribution in [0, 0.1) is 6.92 Å². The van der Waals surface area contributed by atoms with E-state index < -0.39 is 0 Å². The second kappa shape index (κ2) is 4.61. The maximum Gasteiger partial charge on any atom is 0.133 e. The molecule has 0 radical (unpaired) electrons. The normalized spacial score (nSPS) is 11.7. The van der Waals surface area contributed by atoms with E-state index in [2.05, 4.69) is 52.0 Å². The topological polar surface area (TPSA) is 0 Å². The van der Waals surface area contributed by atoms with Crippen molar-refractivity contribution in [1.82, 2.24) is 4.48 Å².